The summed E-state index contributed by atoms with van der Waals surface area (Å²) in [6.07, 6.45) is 0. The van der Waals surface area contributed by atoms with E-state index < -0.39 is 40.3 Å². The highest BCUT2D eigenvalue weighted by molar-refractivity contribution is 8.00. The Hall–Kier alpha value is -2.62. The molecule has 4 nitrogen and oxygen atoms in total. The number of alkyl halides is 3. The first-order valence-electron chi connectivity index (χ1n) is 6.85. The van der Waals surface area contributed by atoms with Gasteiger partial charge in [0.15, 0.2) is 0 Å². The van der Waals surface area contributed by atoms with Crippen molar-refractivity contribution in [2.45, 2.75) is 10.4 Å². The van der Waals surface area contributed by atoms with E-state index in [9.17, 15) is 31.5 Å². The summed E-state index contributed by atoms with van der Waals surface area (Å²) >= 11 is -0.348. The second kappa shape index (κ2) is 7.73. The third kappa shape index (κ3) is 4.94. The Balaban J connectivity index is 2.20. The normalized spacial score (nSPS) is 11.2. The number of amides is 1. The first kappa shape index (κ1) is 19.7. The number of hydrogen-bond donors (Lipinski definition) is 1. The van der Waals surface area contributed by atoms with E-state index in [2.05, 4.69) is 10.1 Å². The molecule has 0 saturated heterocycles. The summed E-state index contributed by atoms with van der Waals surface area (Å²) in [4.78, 5) is 23.4. The summed E-state index contributed by atoms with van der Waals surface area (Å²) in [6.45, 7) is 0. The topological polar surface area (TPSA) is 55.4 Å². The van der Waals surface area contributed by atoms with Gasteiger partial charge in [-0.05, 0) is 42.1 Å². The molecule has 2 aromatic carbocycles. The van der Waals surface area contributed by atoms with Crippen LogP contribution in [0.25, 0.3) is 0 Å². The molecule has 0 fully saturated rings. The molecule has 0 saturated carbocycles. The minimum absolute atomic E-state index is 0.0557. The molecule has 0 spiro atoms. The number of halogens is 5. The number of thioether (sulfide) groups is 1. The van der Waals surface area contributed by atoms with Gasteiger partial charge in [-0.2, -0.15) is 13.2 Å². The predicted octanol–water partition coefficient (Wildman–Crippen LogP) is 4.62. The minimum Gasteiger partial charge on any atom is -0.465 e. The predicted molar refractivity (Wildman–Crippen MR) is 84.0 cm³/mol. The zero-order valence-electron chi connectivity index (χ0n) is 13.0. The van der Waals surface area contributed by atoms with E-state index >= 15 is 0 Å². The van der Waals surface area contributed by atoms with Crippen molar-refractivity contribution in [1.82, 2.24) is 0 Å². The molecule has 1 N–H and O–H groups in total. The number of nitrogens with one attached hydrogen (secondary N) is 1. The molecule has 0 unspecified atom stereocenters. The summed E-state index contributed by atoms with van der Waals surface area (Å²) in [5.41, 5.74) is -5.59. The number of esters is 1. The van der Waals surface area contributed by atoms with Crippen LogP contribution in [0.4, 0.5) is 27.6 Å². The van der Waals surface area contributed by atoms with Crippen molar-refractivity contribution in [3.05, 3.63) is 59.2 Å². The molecule has 26 heavy (non-hydrogen) atoms. The van der Waals surface area contributed by atoms with E-state index in [0.29, 0.717) is 6.07 Å². The molecule has 0 aliphatic heterocycles. The fourth-order valence-corrected chi connectivity index (χ4v) is 2.45. The first-order valence-corrected chi connectivity index (χ1v) is 7.67. The Bertz CT molecular complexity index is 837. The summed E-state index contributed by atoms with van der Waals surface area (Å²) in [6, 6.07) is 5.56. The molecule has 138 valence electrons. The molecule has 0 aromatic heterocycles. The number of carbonyl (C=O) groups excluding carboxylic acids is 2. The van der Waals surface area contributed by atoms with E-state index in [1.807, 2.05) is 0 Å². The minimum atomic E-state index is -4.47. The van der Waals surface area contributed by atoms with Crippen molar-refractivity contribution in [2.24, 2.45) is 0 Å². The van der Waals surface area contributed by atoms with Gasteiger partial charge in [-0.3, -0.25) is 4.79 Å². The number of carbonyl (C=O) groups is 2. The fourth-order valence-electron chi connectivity index (χ4n) is 1.91. The zero-order valence-corrected chi connectivity index (χ0v) is 13.8. The second-order valence-electron chi connectivity index (χ2n) is 4.83. The number of methoxy groups -OCH3 is 1. The van der Waals surface area contributed by atoms with Crippen molar-refractivity contribution in [3.63, 3.8) is 0 Å². The van der Waals surface area contributed by atoms with Crippen LogP contribution in [0, 0.1) is 11.6 Å². The molecular weight excluding hydrogens is 381 g/mol. The maximum Gasteiger partial charge on any atom is 0.446 e. The van der Waals surface area contributed by atoms with Crippen LogP contribution in [-0.4, -0.2) is 24.5 Å². The van der Waals surface area contributed by atoms with Gasteiger partial charge in [0.2, 0.25) is 0 Å². The number of anilines is 1. The maximum atomic E-state index is 13.8. The number of ether oxygens (including phenoxy) is 1. The molecule has 2 rings (SSSR count). The van der Waals surface area contributed by atoms with Gasteiger partial charge < -0.3 is 10.1 Å². The maximum absolute atomic E-state index is 13.8. The van der Waals surface area contributed by atoms with E-state index in [4.69, 9.17) is 0 Å². The molecule has 1 amide bonds. The summed E-state index contributed by atoms with van der Waals surface area (Å²) in [7, 11) is 1.00. The molecule has 0 aliphatic rings. The molecule has 0 atom stereocenters. The lowest BCUT2D eigenvalue weighted by atomic mass is 10.1. The van der Waals surface area contributed by atoms with Crippen molar-refractivity contribution >= 4 is 29.3 Å². The van der Waals surface area contributed by atoms with Crippen LogP contribution in [0.15, 0.2) is 41.3 Å². The van der Waals surface area contributed by atoms with E-state index in [0.717, 1.165) is 37.4 Å². The number of hydrogen-bond acceptors (Lipinski definition) is 4. The highest BCUT2D eigenvalue weighted by atomic mass is 32.2. The Morgan fingerprint density at radius 1 is 1.04 bits per heavy atom. The summed E-state index contributed by atoms with van der Waals surface area (Å²) in [5, 5.41) is 2.12. The Labute approximate surface area is 148 Å². The van der Waals surface area contributed by atoms with Gasteiger partial charge in [0.05, 0.1) is 18.4 Å². The van der Waals surface area contributed by atoms with E-state index in [-0.39, 0.29) is 22.2 Å². The summed E-state index contributed by atoms with van der Waals surface area (Å²) in [5.74, 6) is -4.21. The van der Waals surface area contributed by atoms with Gasteiger partial charge in [0.25, 0.3) is 5.91 Å². The highest BCUT2D eigenvalue weighted by Gasteiger charge is 2.29. The van der Waals surface area contributed by atoms with E-state index in [1.54, 1.807) is 0 Å². The van der Waals surface area contributed by atoms with E-state index in [1.165, 1.54) is 0 Å². The second-order valence-corrected chi connectivity index (χ2v) is 5.97. The smallest absolute Gasteiger partial charge is 0.446 e. The molecule has 2 aromatic rings. The Morgan fingerprint density at radius 3 is 2.19 bits per heavy atom. The quantitative estimate of drug-likeness (QED) is 0.470. The molecule has 10 heteroatoms. The SMILES string of the molecule is COC(=O)c1cc(NC(=O)c2ccc(SC(F)(F)F)cc2)c(F)cc1F. The van der Waals surface area contributed by atoms with Crippen molar-refractivity contribution in [3.8, 4) is 0 Å². The number of benzene rings is 2. The average molecular weight is 391 g/mol. The molecule has 0 bridgehead atoms. The van der Waals surface area contributed by atoms with Gasteiger partial charge in [0, 0.05) is 16.5 Å². The van der Waals surface area contributed by atoms with Crippen molar-refractivity contribution in [1.29, 1.82) is 0 Å². The monoisotopic (exact) mass is 391 g/mol. The first-order chi connectivity index (χ1) is 12.1. The molecule has 0 heterocycles. The largest absolute Gasteiger partial charge is 0.465 e. The van der Waals surface area contributed by atoms with Crippen LogP contribution < -0.4 is 5.32 Å². The Kier molecular flexibility index (Phi) is 5.86. The third-order valence-corrected chi connectivity index (χ3v) is 3.80. The Morgan fingerprint density at radius 2 is 1.65 bits per heavy atom. The van der Waals surface area contributed by atoms with Crippen LogP contribution in [-0.2, 0) is 4.74 Å². The van der Waals surface area contributed by atoms with Crippen LogP contribution in [0.3, 0.4) is 0 Å². The van der Waals surface area contributed by atoms with Gasteiger partial charge in [0.1, 0.15) is 11.6 Å². The summed E-state index contributed by atoms with van der Waals surface area (Å²) < 4.78 is 68.5. The van der Waals surface area contributed by atoms with Crippen LogP contribution in [0.5, 0.6) is 0 Å². The lowest BCUT2D eigenvalue weighted by molar-refractivity contribution is -0.0328. The molecule has 0 radical (unpaired) electrons. The molecular formula is C16H10F5NO3S. The standard InChI is InChI=1S/C16H10F5NO3S/c1-25-15(24)10-6-13(12(18)7-11(10)17)22-14(23)8-2-4-9(5-3-8)26-16(19,20)21/h2-7H,1H3,(H,22,23). The number of rotatable bonds is 4. The zero-order chi connectivity index (χ0) is 19.5. The van der Waals surface area contributed by atoms with Gasteiger partial charge in [-0.25, -0.2) is 13.6 Å². The highest BCUT2D eigenvalue weighted by Crippen LogP contribution is 2.36. The van der Waals surface area contributed by atoms with Crippen molar-refractivity contribution in [2.75, 3.05) is 12.4 Å². The van der Waals surface area contributed by atoms with Crippen LogP contribution >= 0.6 is 11.8 Å². The average Bonchev–Trinajstić information content (AvgIpc) is 2.55. The van der Waals surface area contributed by atoms with Gasteiger partial charge in [-0.15, -0.1) is 0 Å². The lowest BCUT2D eigenvalue weighted by Gasteiger charge is -2.10. The van der Waals surface area contributed by atoms with Gasteiger partial charge >= 0.3 is 11.5 Å². The third-order valence-electron chi connectivity index (χ3n) is 3.06. The van der Waals surface area contributed by atoms with Crippen LogP contribution in [0.2, 0.25) is 0 Å². The fraction of sp³-hybridized carbons (Fsp3) is 0.125. The molecule has 0 aliphatic carbocycles. The van der Waals surface area contributed by atoms with Gasteiger partial charge in [-0.1, -0.05) is 0 Å². The van der Waals surface area contributed by atoms with Crippen LogP contribution in [0.1, 0.15) is 20.7 Å². The van der Waals surface area contributed by atoms with Crippen molar-refractivity contribution < 1.29 is 36.3 Å². The lowest BCUT2D eigenvalue weighted by Crippen LogP contribution is -2.15.